The van der Waals surface area contributed by atoms with Gasteiger partial charge in [-0.3, -0.25) is 0 Å². The Bertz CT molecular complexity index is 3290. The van der Waals surface area contributed by atoms with Crippen molar-refractivity contribution in [2.75, 3.05) is 4.90 Å². The highest BCUT2D eigenvalue weighted by Crippen LogP contribution is 2.42. The Hall–Kier alpha value is -7.27. The van der Waals surface area contributed by atoms with Gasteiger partial charge in [-0.2, -0.15) is 0 Å². The van der Waals surface area contributed by atoms with E-state index in [1.807, 2.05) is 29.5 Å². The smallest absolute Gasteiger partial charge is 0.125 e. The molecule has 0 aliphatic carbocycles. The number of halogens is 1. The molecule has 274 valence electrons. The van der Waals surface area contributed by atoms with Crippen molar-refractivity contribution in [1.29, 1.82) is 0 Å². The maximum absolute atomic E-state index is 14.7. The molecule has 0 atom stereocenters. The first-order valence-corrected chi connectivity index (χ1v) is 20.3. The number of aromatic nitrogens is 1. The number of rotatable bonds is 7. The number of para-hydroxylation sites is 1. The molecular formula is C54H35FN2S. The zero-order chi connectivity index (χ0) is 38.6. The van der Waals surface area contributed by atoms with Crippen molar-refractivity contribution in [1.82, 2.24) is 4.57 Å². The van der Waals surface area contributed by atoms with Gasteiger partial charge in [0.1, 0.15) is 5.82 Å². The van der Waals surface area contributed by atoms with Crippen LogP contribution in [0.25, 0.3) is 81.0 Å². The van der Waals surface area contributed by atoms with E-state index in [1.54, 1.807) is 12.1 Å². The van der Waals surface area contributed by atoms with Crippen LogP contribution in [0.1, 0.15) is 0 Å². The molecule has 2 heterocycles. The highest BCUT2D eigenvalue weighted by atomic mass is 32.1. The predicted molar refractivity (Wildman–Crippen MR) is 245 cm³/mol. The normalized spacial score (nSPS) is 11.5. The number of thiophene rings is 1. The fraction of sp³-hybridized carbons (Fsp3) is 0. The number of anilines is 3. The first kappa shape index (κ1) is 34.0. The van der Waals surface area contributed by atoms with E-state index in [1.165, 1.54) is 42.4 Å². The molecule has 0 saturated carbocycles. The van der Waals surface area contributed by atoms with E-state index in [-0.39, 0.29) is 5.82 Å². The number of hydrogen-bond acceptors (Lipinski definition) is 2. The van der Waals surface area contributed by atoms with Gasteiger partial charge in [0.2, 0.25) is 0 Å². The molecule has 9 aromatic carbocycles. The maximum atomic E-state index is 14.7. The fourth-order valence-electron chi connectivity index (χ4n) is 8.52. The Morgan fingerprint density at radius 1 is 0.379 bits per heavy atom. The summed E-state index contributed by atoms with van der Waals surface area (Å²) in [6.07, 6.45) is 0. The van der Waals surface area contributed by atoms with Crippen molar-refractivity contribution in [3.05, 3.63) is 218 Å². The number of hydrogen-bond donors (Lipinski definition) is 0. The van der Waals surface area contributed by atoms with E-state index in [4.69, 9.17) is 0 Å². The van der Waals surface area contributed by atoms with Gasteiger partial charge in [0.05, 0.1) is 11.0 Å². The van der Waals surface area contributed by atoms with Crippen LogP contribution in [-0.4, -0.2) is 4.57 Å². The minimum absolute atomic E-state index is 0.248. The average Bonchev–Trinajstić information content (AvgIpc) is 3.83. The zero-order valence-corrected chi connectivity index (χ0v) is 32.2. The van der Waals surface area contributed by atoms with Crippen LogP contribution in [0.15, 0.2) is 212 Å². The van der Waals surface area contributed by atoms with E-state index in [9.17, 15) is 4.39 Å². The minimum atomic E-state index is -0.248. The second-order valence-corrected chi connectivity index (χ2v) is 15.7. The number of nitrogens with zero attached hydrogens (tertiary/aromatic N) is 2. The second kappa shape index (κ2) is 14.0. The molecule has 0 amide bonds. The lowest BCUT2D eigenvalue weighted by atomic mass is 10.0. The van der Waals surface area contributed by atoms with Gasteiger partial charge in [-0.15, -0.1) is 11.3 Å². The van der Waals surface area contributed by atoms with Crippen molar-refractivity contribution in [3.63, 3.8) is 0 Å². The van der Waals surface area contributed by atoms with Gasteiger partial charge in [0, 0.05) is 53.7 Å². The Kier molecular flexibility index (Phi) is 8.23. The Labute approximate surface area is 339 Å². The molecule has 0 bridgehead atoms. The molecule has 0 radical (unpaired) electrons. The third-order valence-electron chi connectivity index (χ3n) is 11.3. The van der Waals surface area contributed by atoms with Crippen molar-refractivity contribution in [2.45, 2.75) is 0 Å². The minimum Gasteiger partial charge on any atom is -0.310 e. The standard InChI is InChI=1S/C54H35FN2S/c55-41-27-32-48-47-17-4-6-21-51(47)57(52(48)35-41)45-16-9-14-40(34-45)39-13-8-15-44(33-39)56(42-28-23-37(24-29-42)36-11-2-1-3-12-36)43-30-25-38(26-31-43)46-19-10-20-50-49-18-5-7-22-53(49)58-54(46)50/h1-35H. The summed E-state index contributed by atoms with van der Waals surface area (Å²) >= 11 is 1.86. The second-order valence-electron chi connectivity index (χ2n) is 14.7. The predicted octanol–water partition coefficient (Wildman–Crippen LogP) is 15.8. The van der Waals surface area contributed by atoms with Gasteiger partial charge in [-0.25, -0.2) is 4.39 Å². The van der Waals surface area contributed by atoms with E-state index in [0.717, 1.165) is 55.7 Å². The highest BCUT2D eigenvalue weighted by Gasteiger charge is 2.17. The van der Waals surface area contributed by atoms with Crippen LogP contribution in [0.2, 0.25) is 0 Å². The zero-order valence-electron chi connectivity index (χ0n) is 31.4. The molecule has 58 heavy (non-hydrogen) atoms. The Morgan fingerprint density at radius 3 is 1.79 bits per heavy atom. The van der Waals surface area contributed by atoms with E-state index >= 15 is 0 Å². The van der Waals surface area contributed by atoms with Crippen molar-refractivity contribution in [2.24, 2.45) is 0 Å². The number of fused-ring (bicyclic) bond motifs is 6. The monoisotopic (exact) mass is 762 g/mol. The summed E-state index contributed by atoms with van der Waals surface area (Å²) in [6, 6.07) is 74.3. The van der Waals surface area contributed by atoms with E-state index in [2.05, 4.69) is 191 Å². The summed E-state index contributed by atoms with van der Waals surface area (Å²) in [7, 11) is 0. The van der Waals surface area contributed by atoms with Crippen molar-refractivity contribution >= 4 is 70.4 Å². The van der Waals surface area contributed by atoms with Crippen molar-refractivity contribution in [3.8, 4) is 39.1 Å². The molecule has 0 fully saturated rings. The molecule has 0 N–H and O–H groups in total. The third kappa shape index (κ3) is 5.85. The molecule has 0 unspecified atom stereocenters. The molecule has 4 heteroatoms. The van der Waals surface area contributed by atoms with E-state index in [0.29, 0.717) is 0 Å². The molecular weight excluding hydrogens is 728 g/mol. The highest BCUT2D eigenvalue weighted by molar-refractivity contribution is 7.26. The molecule has 0 aliphatic heterocycles. The summed E-state index contributed by atoms with van der Waals surface area (Å²) in [5.41, 5.74) is 13.0. The van der Waals surface area contributed by atoms with Crippen LogP contribution in [0, 0.1) is 5.82 Å². The van der Waals surface area contributed by atoms with Gasteiger partial charge in [-0.05, 0) is 112 Å². The van der Waals surface area contributed by atoms with Gasteiger partial charge < -0.3 is 9.47 Å². The van der Waals surface area contributed by atoms with Gasteiger partial charge >= 0.3 is 0 Å². The van der Waals surface area contributed by atoms with Gasteiger partial charge in [0.25, 0.3) is 0 Å². The van der Waals surface area contributed by atoms with Gasteiger partial charge in [0.15, 0.2) is 0 Å². The molecule has 2 aromatic heterocycles. The van der Waals surface area contributed by atoms with Crippen LogP contribution in [0.4, 0.5) is 21.5 Å². The van der Waals surface area contributed by atoms with Crippen LogP contribution in [-0.2, 0) is 0 Å². The summed E-state index contributed by atoms with van der Waals surface area (Å²) in [5, 5.41) is 4.74. The first-order valence-electron chi connectivity index (χ1n) is 19.5. The molecule has 11 rings (SSSR count). The van der Waals surface area contributed by atoms with E-state index < -0.39 is 0 Å². The van der Waals surface area contributed by atoms with Crippen LogP contribution in [0.5, 0.6) is 0 Å². The summed E-state index contributed by atoms with van der Waals surface area (Å²) in [6.45, 7) is 0. The lowest BCUT2D eigenvalue weighted by molar-refractivity contribution is 0.629. The maximum Gasteiger partial charge on any atom is 0.125 e. The first-order chi connectivity index (χ1) is 28.7. The largest absolute Gasteiger partial charge is 0.310 e. The fourth-order valence-corrected chi connectivity index (χ4v) is 9.75. The third-order valence-corrected chi connectivity index (χ3v) is 12.5. The van der Waals surface area contributed by atoms with Crippen molar-refractivity contribution < 1.29 is 4.39 Å². The lowest BCUT2D eigenvalue weighted by Gasteiger charge is -2.26. The van der Waals surface area contributed by atoms with Gasteiger partial charge in [-0.1, -0.05) is 133 Å². The molecule has 0 aliphatic rings. The SMILES string of the molecule is Fc1ccc2c3ccccc3n(-c3cccc(-c4cccc(N(c5ccc(-c6ccccc6)cc5)c5ccc(-c6cccc7c6sc6ccccc67)cc5)c4)c3)c2c1. The molecule has 0 spiro atoms. The summed E-state index contributed by atoms with van der Waals surface area (Å²) in [5.74, 6) is -0.248. The lowest BCUT2D eigenvalue weighted by Crippen LogP contribution is -2.10. The Morgan fingerprint density at radius 2 is 0.983 bits per heavy atom. The Balaban J connectivity index is 1.01. The summed E-state index contributed by atoms with van der Waals surface area (Å²) < 4.78 is 19.5. The van der Waals surface area contributed by atoms with Crippen LogP contribution in [0.3, 0.4) is 0 Å². The number of benzene rings is 9. The topological polar surface area (TPSA) is 8.17 Å². The average molecular weight is 763 g/mol. The van der Waals surface area contributed by atoms with Crippen LogP contribution >= 0.6 is 11.3 Å². The molecule has 11 aromatic rings. The molecule has 2 nitrogen and oxygen atoms in total. The van der Waals surface area contributed by atoms with Crippen LogP contribution < -0.4 is 4.90 Å². The quantitative estimate of drug-likeness (QED) is 0.157. The summed E-state index contributed by atoms with van der Waals surface area (Å²) in [4.78, 5) is 2.33. The molecule has 0 saturated heterocycles.